The quantitative estimate of drug-likeness (QED) is 0.865. The summed E-state index contributed by atoms with van der Waals surface area (Å²) in [5, 5.41) is 8.68. The lowest BCUT2D eigenvalue weighted by molar-refractivity contribution is 0.338. The molecule has 0 radical (unpaired) electrons. The van der Waals surface area contributed by atoms with Crippen molar-refractivity contribution in [2.24, 2.45) is 0 Å². The topological polar surface area (TPSA) is 68.3 Å². The van der Waals surface area contributed by atoms with Crippen LogP contribution in [0.4, 0.5) is 10.1 Å². The van der Waals surface area contributed by atoms with Crippen LogP contribution in [0.2, 0.25) is 0 Å². The summed E-state index contributed by atoms with van der Waals surface area (Å²) in [5.74, 6) is 0.343. The third kappa shape index (κ3) is 3.18. The summed E-state index contributed by atoms with van der Waals surface area (Å²) in [6, 6.07) is 10.7. The maximum absolute atomic E-state index is 13.7. The van der Waals surface area contributed by atoms with Gasteiger partial charge in [-0.1, -0.05) is 0 Å². The van der Waals surface area contributed by atoms with Gasteiger partial charge in [-0.15, -0.1) is 0 Å². The van der Waals surface area contributed by atoms with Crippen molar-refractivity contribution in [2.75, 3.05) is 12.3 Å². The maximum atomic E-state index is 13.7. The molecule has 0 unspecified atom stereocenters. The summed E-state index contributed by atoms with van der Waals surface area (Å²) in [6.45, 7) is 2.35. The van der Waals surface area contributed by atoms with Gasteiger partial charge in [0.2, 0.25) is 0 Å². The van der Waals surface area contributed by atoms with Crippen LogP contribution in [-0.4, -0.2) is 6.61 Å². The Bertz CT molecular complexity index is 665. The third-order valence-corrected chi connectivity index (χ3v) is 2.50. The highest BCUT2D eigenvalue weighted by atomic mass is 19.1. The molecule has 5 heteroatoms. The number of rotatable bonds is 4. The molecule has 0 bridgehead atoms. The van der Waals surface area contributed by atoms with Gasteiger partial charge in [-0.25, -0.2) is 4.39 Å². The lowest BCUT2D eigenvalue weighted by atomic mass is 10.2. The SMILES string of the molecule is CCOc1cc(N)cc(Oc2ccc(C#N)cc2F)c1. The van der Waals surface area contributed by atoms with Gasteiger partial charge in [-0.05, 0) is 25.1 Å². The molecule has 0 aliphatic heterocycles. The Hall–Kier alpha value is -2.74. The fraction of sp³-hybridized carbons (Fsp3) is 0.133. The molecule has 0 spiro atoms. The molecule has 0 aliphatic carbocycles. The van der Waals surface area contributed by atoms with Crippen molar-refractivity contribution in [1.29, 1.82) is 5.26 Å². The Balaban J connectivity index is 2.28. The normalized spacial score (nSPS) is 9.85. The molecule has 0 fully saturated rings. The van der Waals surface area contributed by atoms with Gasteiger partial charge in [0.05, 0.1) is 18.2 Å². The lowest BCUT2D eigenvalue weighted by Crippen LogP contribution is -1.95. The van der Waals surface area contributed by atoms with E-state index in [0.717, 1.165) is 6.07 Å². The zero-order valence-electron chi connectivity index (χ0n) is 10.9. The average Bonchev–Trinajstić information content (AvgIpc) is 2.41. The van der Waals surface area contributed by atoms with Crippen LogP contribution in [0.1, 0.15) is 12.5 Å². The molecule has 0 atom stereocenters. The predicted octanol–water partition coefficient (Wildman–Crippen LogP) is 3.47. The molecule has 20 heavy (non-hydrogen) atoms. The van der Waals surface area contributed by atoms with Gasteiger partial charge in [0.15, 0.2) is 11.6 Å². The zero-order valence-corrected chi connectivity index (χ0v) is 10.9. The molecular weight excluding hydrogens is 259 g/mol. The summed E-state index contributed by atoms with van der Waals surface area (Å²) in [7, 11) is 0. The van der Waals surface area contributed by atoms with Gasteiger partial charge in [0.25, 0.3) is 0 Å². The van der Waals surface area contributed by atoms with Crippen LogP contribution in [0.5, 0.6) is 17.2 Å². The van der Waals surface area contributed by atoms with E-state index in [1.54, 1.807) is 18.2 Å². The van der Waals surface area contributed by atoms with Crippen molar-refractivity contribution in [3.8, 4) is 23.3 Å². The first-order valence-electron chi connectivity index (χ1n) is 6.03. The van der Waals surface area contributed by atoms with E-state index >= 15 is 0 Å². The number of anilines is 1. The van der Waals surface area contributed by atoms with E-state index in [2.05, 4.69) is 0 Å². The predicted molar refractivity (Wildman–Crippen MR) is 73.2 cm³/mol. The minimum absolute atomic E-state index is 0.0250. The minimum atomic E-state index is -0.607. The molecule has 2 aromatic carbocycles. The summed E-state index contributed by atoms with van der Waals surface area (Å²) in [6.07, 6.45) is 0. The average molecular weight is 272 g/mol. The Morgan fingerprint density at radius 2 is 1.95 bits per heavy atom. The second-order valence-electron chi connectivity index (χ2n) is 4.03. The molecule has 0 amide bonds. The minimum Gasteiger partial charge on any atom is -0.494 e. The highest BCUT2D eigenvalue weighted by molar-refractivity contribution is 5.51. The van der Waals surface area contributed by atoms with Gasteiger partial charge >= 0.3 is 0 Å². The smallest absolute Gasteiger partial charge is 0.167 e. The largest absolute Gasteiger partial charge is 0.494 e. The van der Waals surface area contributed by atoms with Crippen LogP contribution in [0.15, 0.2) is 36.4 Å². The maximum Gasteiger partial charge on any atom is 0.167 e. The number of halogens is 1. The summed E-state index contributed by atoms with van der Waals surface area (Å²) in [5.41, 5.74) is 6.42. The molecule has 2 aromatic rings. The van der Waals surface area contributed by atoms with Gasteiger partial charge in [-0.3, -0.25) is 0 Å². The van der Waals surface area contributed by atoms with Crippen molar-refractivity contribution < 1.29 is 13.9 Å². The number of benzene rings is 2. The van der Waals surface area contributed by atoms with E-state index in [0.29, 0.717) is 23.8 Å². The number of nitrogens with zero attached hydrogens (tertiary/aromatic N) is 1. The number of nitrogens with two attached hydrogens (primary N) is 1. The van der Waals surface area contributed by atoms with Crippen LogP contribution >= 0.6 is 0 Å². The zero-order chi connectivity index (χ0) is 14.5. The molecule has 0 saturated carbocycles. The second-order valence-corrected chi connectivity index (χ2v) is 4.03. The fourth-order valence-electron chi connectivity index (χ4n) is 1.68. The number of ether oxygens (including phenoxy) is 2. The summed E-state index contributed by atoms with van der Waals surface area (Å²) in [4.78, 5) is 0. The van der Waals surface area contributed by atoms with Crippen molar-refractivity contribution >= 4 is 5.69 Å². The number of nitrogen functional groups attached to an aromatic ring is 1. The molecule has 0 heterocycles. The van der Waals surface area contributed by atoms with Crippen molar-refractivity contribution in [3.05, 3.63) is 47.8 Å². The highest BCUT2D eigenvalue weighted by Gasteiger charge is 2.08. The van der Waals surface area contributed by atoms with Crippen LogP contribution in [-0.2, 0) is 0 Å². The van der Waals surface area contributed by atoms with Gasteiger partial charge in [0, 0.05) is 23.9 Å². The monoisotopic (exact) mass is 272 g/mol. The Morgan fingerprint density at radius 3 is 2.60 bits per heavy atom. The van der Waals surface area contributed by atoms with Crippen LogP contribution in [0.25, 0.3) is 0 Å². The highest BCUT2D eigenvalue weighted by Crippen LogP contribution is 2.30. The number of hydrogen-bond acceptors (Lipinski definition) is 4. The van der Waals surface area contributed by atoms with Crippen molar-refractivity contribution in [3.63, 3.8) is 0 Å². The molecule has 0 saturated heterocycles. The third-order valence-electron chi connectivity index (χ3n) is 2.50. The van der Waals surface area contributed by atoms with E-state index in [9.17, 15) is 4.39 Å². The lowest BCUT2D eigenvalue weighted by Gasteiger charge is -2.10. The van der Waals surface area contributed by atoms with Crippen molar-refractivity contribution in [2.45, 2.75) is 6.92 Å². The Kier molecular flexibility index (Phi) is 4.06. The standard InChI is InChI=1S/C15H13FN2O2/c1-2-19-12-6-11(18)7-13(8-12)20-15-4-3-10(9-17)5-14(15)16/h3-8H,2,18H2,1H3. The molecule has 0 aromatic heterocycles. The van der Waals surface area contributed by atoms with Crippen LogP contribution in [0.3, 0.4) is 0 Å². The molecule has 4 nitrogen and oxygen atoms in total. The first kappa shape index (κ1) is 13.7. The van der Waals surface area contributed by atoms with Gasteiger partial charge in [0.1, 0.15) is 11.5 Å². The van der Waals surface area contributed by atoms with Crippen LogP contribution < -0.4 is 15.2 Å². The van der Waals surface area contributed by atoms with E-state index in [4.69, 9.17) is 20.5 Å². The Morgan fingerprint density at radius 1 is 1.20 bits per heavy atom. The van der Waals surface area contributed by atoms with E-state index < -0.39 is 5.82 Å². The van der Waals surface area contributed by atoms with Crippen LogP contribution in [0, 0.1) is 17.1 Å². The summed E-state index contributed by atoms with van der Waals surface area (Å²) < 4.78 is 24.5. The molecular formula is C15H13FN2O2. The Labute approximate surface area is 116 Å². The second kappa shape index (κ2) is 5.93. The number of hydrogen-bond donors (Lipinski definition) is 1. The van der Waals surface area contributed by atoms with Gasteiger partial charge < -0.3 is 15.2 Å². The molecule has 0 aliphatic rings. The fourth-order valence-corrected chi connectivity index (χ4v) is 1.68. The molecule has 2 rings (SSSR count). The van der Waals surface area contributed by atoms with E-state index in [1.165, 1.54) is 12.1 Å². The first-order chi connectivity index (χ1) is 9.62. The summed E-state index contributed by atoms with van der Waals surface area (Å²) >= 11 is 0. The van der Waals surface area contributed by atoms with Gasteiger partial charge in [-0.2, -0.15) is 5.26 Å². The molecule has 2 N–H and O–H groups in total. The van der Waals surface area contributed by atoms with E-state index in [-0.39, 0.29) is 11.3 Å². The number of nitriles is 1. The van der Waals surface area contributed by atoms with E-state index in [1.807, 2.05) is 13.0 Å². The first-order valence-corrected chi connectivity index (χ1v) is 6.03. The van der Waals surface area contributed by atoms with Crippen molar-refractivity contribution in [1.82, 2.24) is 0 Å². The molecule has 102 valence electrons.